The van der Waals surface area contributed by atoms with E-state index in [0.717, 1.165) is 29.9 Å². The molecule has 0 radical (unpaired) electrons. The van der Waals surface area contributed by atoms with Crippen LogP contribution in [-0.4, -0.2) is 21.8 Å². The number of aryl methyl sites for hydroxylation is 2. The highest BCUT2D eigenvalue weighted by Crippen LogP contribution is 2.13. The first-order valence-corrected chi connectivity index (χ1v) is 6.43. The van der Waals surface area contributed by atoms with Gasteiger partial charge in [0, 0.05) is 18.4 Å². The Morgan fingerprint density at radius 2 is 2.17 bits per heavy atom. The number of nitrogens with zero attached hydrogens (tertiary/aromatic N) is 2. The second kappa shape index (κ2) is 5.21. The van der Waals surface area contributed by atoms with Crippen LogP contribution in [0.2, 0.25) is 0 Å². The van der Waals surface area contributed by atoms with Crippen molar-refractivity contribution in [2.45, 2.75) is 33.6 Å². The number of hydrogen-bond acceptors (Lipinski definition) is 2. The summed E-state index contributed by atoms with van der Waals surface area (Å²) in [7, 11) is 0. The molecule has 0 aromatic carbocycles. The summed E-state index contributed by atoms with van der Waals surface area (Å²) in [6.45, 7) is 6.87. The van der Waals surface area contributed by atoms with E-state index in [1.807, 2.05) is 36.6 Å². The largest absolute Gasteiger partial charge is 0.352 e. The van der Waals surface area contributed by atoms with Crippen molar-refractivity contribution in [3.8, 4) is 0 Å². The highest BCUT2D eigenvalue weighted by molar-refractivity contribution is 5.94. The van der Waals surface area contributed by atoms with Gasteiger partial charge < -0.3 is 9.72 Å². The van der Waals surface area contributed by atoms with Crippen LogP contribution >= 0.6 is 0 Å². The molecule has 0 aliphatic rings. The van der Waals surface area contributed by atoms with Crippen LogP contribution in [0.1, 0.15) is 42.0 Å². The minimum Gasteiger partial charge on any atom is -0.352 e. The van der Waals surface area contributed by atoms with Crippen LogP contribution in [-0.2, 0) is 6.42 Å². The SMILES string of the molecule is CCCNC(=O)c1ccc2nc(CC)c(C)n2c1. The van der Waals surface area contributed by atoms with E-state index in [-0.39, 0.29) is 5.91 Å². The molecule has 0 bridgehead atoms. The van der Waals surface area contributed by atoms with E-state index >= 15 is 0 Å². The van der Waals surface area contributed by atoms with E-state index in [4.69, 9.17) is 0 Å². The van der Waals surface area contributed by atoms with Gasteiger partial charge in [-0.25, -0.2) is 4.98 Å². The Kier molecular flexibility index (Phi) is 3.65. The maximum atomic E-state index is 11.9. The molecule has 2 aromatic rings. The lowest BCUT2D eigenvalue weighted by molar-refractivity contribution is 0.0953. The summed E-state index contributed by atoms with van der Waals surface area (Å²) in [6.07, 6.45) is 3.71. The molecule has 18 heavy (non-hydrogen) atoms. The standard InChI is InChI=1S/C14H19N3O/c1-4-8-15-14(18)11-6-7-13-16-12(5-2)10(3)17(13)9-11/h6-7,9H,4-5,8H2,1-3H3,(H,15,18). The van der Waals surface area contributed by atoms with Crippen molar-refractivity contribution in [3.63, 3.8) is 0 Å². The third-order valence-electron chi connectivity index (χ3n) is 3.09. The molecular formula is C14H19N3O. The van der Waals surface area contributed by atoms with Crippen LogP contribution in [0, 0.1) is 6.92 Å². The van der Waals surface area contributed by atoms with Crippen LogP contribution in [0.5, 0.6) is 0 Å². The number of amides is 1. The number of aromatic nitrogens is 2. The average Bonchev–Trinajstić information content (AvgIpc) is 2.72. The lowest BCUT2D eigenvalue weighted by Crippen LogP contribution is -2.24. The van der Waals surface area contributed by atoms with Gasteiger partial charge in [-0.05, 0) is 31.9 Å². The zero-order valence-corrected chi connectivity index (χ0v) is 11.2. The van der Waals surface area contributed by atoms with Crippen molar-refractivity contribution in [3.05, 3.63) is 35.3 Å². The van der Waals surface area contributed by atoms with Crippen molar-refractivity contribution in [1.82, 2.24) is 14.7 Å². The molecule has 0 saturated heterocycles. The number of imidazole rings is 1. The molecule has 0 spiro atoms. The van der Waals surface area contributed by atoms with E-state index < -0.39 is 0 Å². The molecule has 2 heterocycles. The van der Waals surface area contributed by atoms with Crippen molar-refractivity contribution >= 4 is 11.6 Å². The number of nitrogens with one attached hydrogen (secondary N) is 1. The summed E-state index contributed by atoms with van der Waals surface area (Å²) in [5.41, 5.74) is 3.77. The van der Waals surface area contributed by atoms with Crippen LogP contribution in [0.15, 0.2) is 18.3 Å². The Balaban J connectivity index is 2.37. The molecule has 0 unspecified atom stereocenters. The maximum absolute atomic E-state index is 11.9. The quantitative estimate of drug-likeness (QED) is 0.898. The predicted molar refractivity (Wildman–Crippen MR) is 71.9 cm³/mol. The zero-order valence-electron chi connectivity index (χ0n) is 11.2. The molecule has 0 saturated carbocycles. The Labute approximate surface area is 107 Å². The van der Waals surface area contributed by atoms with E-state index in [1.54, 1.807) is 0 Å². The van der Waals surface area contributed by atoms with Gasteiger partial charge in [-0.15, -0.1) is 0 Å². The molecule has 1 amide bonds. The first kappa shape index (κ1) is 12.6. The van der Waals surface area contributed by atoms with Crippen LogP contribution < -0.4 is 5.32 Å². The minimum absolute atomic E-state index is 0.0232. The Morgan fingerprint density at radius 3 is 2.83 bits per heavy atom. The summed E-state index contributed by atoms with van der Waals surface area (Å²) in [4.78, 5) is 16.4. The minimum atomic E-state index is -0.0232. The number of carbonyl (C=O) groups excluding carboxylic acids is 1. The number of pyridine rings is 1. The first-order valence-electron chi connectivity index (χ1n) is 6.43. The molecule has 0 atom stereocenters. The maximum Gasteiger partial charge on any atom is 0.252 e. The van der Waals surface area contributed by atoms with Crippen molar-refractivity contribution < 1.29 is 4.79 Å². The number of rotatable bonds is 4. The number of fused-ring (bicyclic) bond motifs is 1. The van der Waals surface area contributed by atoms with Gasteiger partial charge in [-0.2, -0.15) is 0 Å². The molecule has 96 valence electrons. The van der Waals surface area contributed by atoms with E-state index in [9.17, 15) is 4.79 Å². The third kappa shape index (κ3) is 2.23. The second-order valence-electron chi connectivity index (χ2n) is 4.40. The van der Waals surface area contributed by atoms with Gasteiger partial charge in [-0.3, -0.25) is 4.79 Å². The summed E-state index contributed by atoms with van der Waals surface area (Å²) in [6, 6.07) is 3.72. The molecule has 4 heteroatoms. The lowest BCUT2D eigenvalue weighted by atomic mass is 10.2. The normalized spacial score (nSPS) is 10.8. The summed E-state index contributed by atoms with van der Waals surface area (Å²) >= 11 is 0. The van der Waals surface area contributed by atoms with Gasteiger partial charge >= 0.3 is 0 Å². The van der Waals surface area contributed by atoms with Crippen molar-refractivity contribution in [2.75, 3.05) is 6.54 Å². The van der Waals surface area contributed by atoms with Crippen molar-refractivity contribution in [1.29, 1.82) is 0 Å². The predicted octanol–water partition coefficient (Wildman–Crippen LogP) is 2.34. The molecule has 0 aliphatic carbocycles. The Bertz CT molecular complexity index is 572. The molecule has 4 nitrogen and oxygen atoms in total. The van der Waals surface area contributed by atoms with Gasteiger partial charge in [-0.1, -0.05) is 13.8 Å². The molecule has 0 fully saturated rings. The fourth-order valence-electron chi connectivity index (χ4n) is 2.02. The topological polar surface area (TPSA) is 46.4 Å². The Hall–Kier alpha value is -1.84. The van der Waals surface area contributed by atoms with E-state index in [1.165, 1.54) is 0 Å². The first-order chi connectivity index (χ1) is 8.67. The fraction of sp³-hybridized carbons (Fsp3) is 0.429. The highest BCUT2D eigenvalue weighted by Gasteiger charge is 2.10. The van der Waals surface area contributed by atoms with E-state index in [2.05, 4.69) is 17.2 Å². The fourth-order valence-corrected chi connectivity index (χ4v) is 2.02. The summed E-state index contributed by atoms with van der Waals surface area (Å²) in [5, 5.41) is 2.88. The lowest BCUT2D eigenvalue weighted by Gasteiger charge is -2.04. The smallest absolute Gasteiger partial charge is 0.252 e. The van der Waals surface area contributed by atoms with Crippen LogP contribution in [0.25, 0.3) is 5.65 Å². The molecule has 2 aromatic heterocycles. The van der Waals surface area contributed by atoms with Gasteiger partial charge in [0.15, 0.2) is 0 Å². The van der Waals surface area contributed by atoms with Crippen LogP contribution in [0.4, 0.5) is 0 Å². The van der Waals surface area contributed by atoms with Gasteiger partial charge in [0.1, 0.15) is 5.65 Å². The summed E-state index contributed by atoms with van der Waals surface area (Å²) < 4.78 is 1.99. The highest BCUT2D eigenvalue weighted by atomic mass is 16.1. The number of carbonyl (C=O) groups is 1. The van der Waals surface area contributed by atoms with E-state index in [0.29, 0.717) is 12.1 Å². The van der Waals surface area contributed by atoms with Gasteiger partial charge in [0.2, 0.25) is 0 Å². The third-order valence-corrected chi connectivity index (χ3v) is 3.09. The number of hydrogen-bond donors (Lipinski definition) is 1. The molecule has 2 rings (SSSR count). The van der Waals surface area contributed by atoms with Gasteiger partial charge in [0.25, 0.3) is 5.91 Å². The molecular weight excluding hydrogens is 226 g/mol. The Morgan fingerprint density at radius 1 is 1.39 bits per heavy atom. The van der Waals surface area contributed by atoms with Gasteiger partial charge in [0.05, 0.1) is 11.3 Å². The monoisotopic (exact) mass is 245 g/mol. The van der Waals surface area contributed by atoms with Crippen molar-refractivity contribution in [2.24, 2.45) is 0 Å². The zero-order chi connectivity index (χ0) is 13.1. The molecule has 0 aliphatic heterocycles. The second-order valence-corrected chi connectivity index (χ2v) is 4.40. The van der Waals surface area contributed by atoms with Crippen LogP contribution in [0.3, 0.4) is 0 Å². The summed E-state index contributed by atoms with van der Waals surface area (Å²) in [5.74, 6) is -0.0232. The molecule has 1 N–H and O–H groups in total. The average molecular weight is 245 g/mol.